The van der Waals surface area contributed by atoms with Crippen LogP contribution in [0.25, 0.3) is 0 Å². The first-order chi connectivity index (χ1) is 3.27. The van der Waals surface area contributed by atoms with Crippen molar-refractivity contribution in [1.82, 2.24) is 0 Å². The first kappa shape index (κ1) is 6.49. The van der Waals surface area contributed by atoms with Gasteiger partial charge in [-0.3, -0.25) is 4.79 Å². The zero-order chi connectivity index (χ0) is 5.70. The lowest BCUT2D eigenvalue weighted by Crippen LogP contribution is -2.07. The van der Waals surface area contributed by atoms with Crippen molar-refractivity contribution in [2.75, 3.05) is 6.51 Å². The lowest BCUT2D eigenvalue weighted by molar-refractivity contribution is -0.132. The fourth-order valence-corrected chi connectivity index (χ4v) is 0.155. The molecule has 0 aliphatic rings. The minimum atomic E-state index is -0.408. The summed E-state index contributed by atoms with van der Waals surface area (Å²) in [7, 11) is 1.03. The molecule has 0 aliphatic heterocycles. The van der Waals surface area contributed by atoms with E-state index in [0.29, 0.717) is 0 Å². The molecule has 0 bridgehead atoms. The Balaban J connectivity index is 2.82. The van der Waals surface area contributed by atoms with Crippen LogP contribution < -0.4 is 0 Å². The lowest BCUT2D eigenvalue weighted by atomic mass is 10.1. The Bertz CT molecular complexity index is 63.2. The van der Waals surface area contributed by atoms with Crippen LogP contribution in [0.4, 0.5) is 0 Å². The quantitative estimate of drug-likeness (QED) is 0.459. The molecule has 0 saturated carbocycles. The molecule has 0 aromatic rings. The van der Waals surface area contributed by atoms with Crippen LogP contribution in [0.15, 0.2) is 0 Å². The van der Waals surface area contributed by atoms with Crippen molar-refractivity contribution in [3.05, 3.63) is 0 Å². The number of aliphatic hydroxyl groups is 1. The summed E-state index contributed by atoms with van der Waals surface area (Å²) < 4.78 is 4.18. The summed E-state index contributed by atoms with van der Waals surface area (Å²) in [5.74, 6) is -0.408. The fourth-order valence-electron chi connectivity index (χ4n) is 0.155. The van der Waals surface area contributed by atoms with Crippen LogP contribution in [-0.4, -0.2) is 25.1 Å². The van der Waals surface area contributed by atoms with Crippen LogP contribution in [-0.2, 0) is 9.45 Å². The summed E-state index contributed by atoms with van der Waals surface area (Å²) >= 11 is 0. The molecule has 0 aromatic heterocycles. The normalized spacial score (nSPS) is 7.71. The van der Waals surface area contributed by atoms with Gasteiger partial charge in [0.25, 0.3) is 5.97 Å². The van der Waals surface area contributed by atoms with Crippen LogP contribution in [0.3, 0.4) is 0 Å². The number of carbonyl (C=O) groups is 1. The Labute approximate surface area is 42.6 Å². The Morgan fingerprint density at radius 2 is 2.57 bits per heavy atom. The zero-order valence-electron chi connectivity index (χ0n) is 4.05. The molecule has 0 aromatic carbocycles. The molecule has 0 atom stereocenters. The van der Waals surface area contributed by atoms with Crippen LogP contribution in [0.5, 0.6) is 0 Å². The van der Waals surface area contributed by atoms with E-state index in [1.165, 1.54) is 6.92 Å². The fraction of sp³-hybridized carbons (Fsp3) is 0.667. The molecule has 7 heavy (non-hydrogen) atoms. The van der Waals surface area contributed by atoms with Crippen molar-refractivity contribution in [3.63, 3.8) is 0 Å². The molecular weight excluding hydrogens is 94.8 g/mol. The van der Waals surface area contributed by atoms with Gasteiger partial charge < -0.3 is 9.76 Å². The van der Waals surface area contributed by atoms with Crippen LogP contribution >= 0.6 is 0 Å². The van der Waals surface area contributed by atoms with Crippen molar-refractivity contribution >= 4 is 13.5 Å². The Kier molecular flexibility index (Phi) is 3.41. The molecule has 3 nitrogen and oxygen atoms in total. The van der Waals surface area contributed by atoms with Crippen molar-refractivity contribution < 1.29 is 14.6 Å². The third-order valence-electron chi connectivity index (χ3n) is 0.324. The number of hydrogen-bond acceptors (Lipinski definition) is 3. The monoisotopic (exact) mass is 101 g/mol. The van der Waals surface area contributed by atoms with E-state index in [0.717, 1.165) is 7.48 Å². The summed E-state index contributed by atoms with van der Waals surface area (Å²) in [4.78, 5) is 9.84. The number of carbonyl (C=O) groups excluding carboxylic acids is 1. The average Bonchev–Trinajstić information content (AvgIpc) is 1.61. The van der Waals surface area contributed by atoms with Crippen LogP contribution in [0, 0.1) is 0 Å². The molecule has 0 aliphatic carbocycles. The minimum Gasteiger partial charge on any atom is -0.536 e. The maximum Gasteiger partial charge on any atom is 0.401 e. The van der Waals surface area contributed by atoms with Gasteiger partial charge in [-0.25, -0.2) is 0 Å². The highest BCUT2D eigenvalue weighted by molar-refractivity contribution is 6.29. The van der Waals surface area contributed by atoms with E-state index in [9.17, 15) is 4.79 Å². The molecule has 1 radical (unpaired) electrons. The van der Waals surface area contributed by atoms with E-state index in [-0.39, 0.29) is 6.51 Å². The maximum absolute atomic E-state index is 9.84. The Hall–Kier alpha value is -0.505. The second-order valence-corrected chi connectivity index (χ2v) is 0.959. The number of hydrogen-bond donors (Lipinski definition) is 1. The summed E-state index contributed by atoms with van der Waals surface area (Å²) in [6, 6.07) is 0. The highest BCUT2D eigenvalue weighted by atomic mass is 16.5. The van der Waals surface area contributed by atoms with E-state index in [1.807, 2.05) is 0 Å². The molecule has 0 amide bonds. The van der Waals surface area contributed by atoms with E-state index in [4.69, 9.17) is 5.11 Å². The second-order valence-electron chi connectivity index (χ2n) is 0.959. The van der Waals surface area contributed by atoms with E-state index < -0.39 is 5.97 Å². The zero-order valence-corrected chi connectivity index (χ0v) is 4.05. The van der Waals surface area contributed by atoms with Gasteiger partial charge in [-0.2, -0.15) is 0 Å². The molecule has 39 valence electrons. The van der Waals surface area contributed by atoms with Gasteiger partial charge in [0.2, 0.25) is 0 Å². The predicted molar refractivity (Wildman–Crippen MR) is 24.6 cm³/mol. The van der Waals surface area contributed by atoms with Crippen molar-refractivity contribution in [3.8, 4) is 0 Å². The standard InChI is InChI=1S/C3H6BO3/c1-3(6)7-4-2-5/h5H,2H2,1H3. The van der Waals surface area contributed by atoms with Crippen molar-refractivity contribution in [2.24, 2.45) is 0 Å². The van der Waals surface area contributed by atoms with E-state index in [1.54, 1.807) is 0 Å². The molecule has 0 unspecified atom stereocenters. The molecule has 0 heterocycles. The smallest absolute Gasteiger partial charge is 0.401 e. The molecule has 0 saturated heterocycles. The van der Waals surface area contributed by atoms with Crippen LogP contribution in [0.1, 0.15) is 6.92 Å². The van der Waals surface area contributed by atoms with Gasteiger partial charge in [0, 0.05) is 6.92 Å². The van der Waals surface area contributed by atoms with Gasteiger partial charge in [-0.15, -0.1) is 0 Å². The summed E-state index contributed by atoms with van der Waals surface area (Å²) in [6.45, 7) is 1.05. The predicted octanol–water partition coefficient (Wildman–Crippen LogP) is -0.882. The largest absolute Gasteiger partial charge is 0.536 e. The highest BCUT2D eigenvalue weighted by Crippen LogP contribution is 1.67. The van der Waals surface area contributed by atoms with Gasteiger partial charge in [0.1, 0.15) is 0 Å². The topological polar surface area (TPSA) is 46.5 Å². The van der Waals surface area contributed by atoms with Gasteiger partial charge >= 0.3 is 7.48 Å². The van der Waals surface area contributed by atoms with Gasteiger partial charge in [-0.05, 0) is 0 Å². The molecule has 4 heteroatoms. The molecule has 0 spiro atoms. The van der Waals surface area contributed by atoms with Crippen molar-refractivity contribution in [1.29, 1.82) is 0 Å². The first-order valence-corrected chi connectivity index (χ1v) is 1.87. The second kappa shape index (κ2) is 3.68. The minimum absolute atomic E-state index is 0.223. The lowest BCUT2D eigenvalue weighted by Gasteiger charge is -1.91. The summed E-state index contributed by atoms with van der Waals surface area (Å²) in [5.41, 5.74) is 0. The Morgan fingerprint density at radius 3 is 2.71 bits per heavy atom. The summed E-state index contributed by atoms with van der Waals surface area (Å²) in [6.07, 6.45) is 0. The third-order valence-corrected chi connectivity index (χ3v) is 0.324. The summed E-state index contributed by atoms with van der Waals surface area (Å²) in [5, 5.41) is 7.98. The van der Waals surface area contributed by atoms with Gasteiger partial charge in [0.15, 0.2) is 0 Å². The van der Waals surface area contributed by atoms with Crippen LogP contribution in [0.2, 0.25) is 0 Å². The SMILES string of the molecule is CC(=O)O[B]CO. The number of aliphatic hydroxyl groups excluding tert-OH is 1. The average molecular weight is 101 g/mol. The molecule has 1 N–H and O–H groups in total. The van der Waals surface area contributed by atoms with Gasteiger partial charge in [0.05, 0.1) is 6.51 Å². The molecular formula is C3H6BO3. The van der Waals surface area contributed by atoms with Gasteiger partial charge in [-0.1, -0.05) is 0 Å². The van der Waals surface area contributed by atoms with E-state index in [2.05, 4.69) is 4.65 Å². The maximum atomic E-state index is 9.84. The Morgan fingerprint density at radius 1 is 2.00 bits per heavy atom. The first-order valence-electron chi connectivity index (χ1n) is 1.87. The van der Waals surface area contributed by atoms with E-state index >= 15 is 0 Å². The third kappa shape index (κ3) is 5.49. The van der Waals surface area contributed by atoms with Crippen molar-refractivity contribution in [2.45, 2.75) is 6.92 Å². The molecule has 0 rings (SSSR count). The highest BCUT2D eigenvalue weighted by Gasteiger charge is 1.91. The molecule has 0 fully saturated rings. The number of rotatable bonds is 2.